The molecule has 0 fully saturated rings. The van der Waals surface area contributed by atoms with Gasteiger partial charge in [-0.15, -0.1) is 0 Å². The molecule has 2 rings (SSSR count). The van der Waals surface area contributed by atoms with Crippen molar-refractivity contribution in [1.29, 1.82) is 0 Å². The predicted molar refractivity (Wildman–Crippen MR) is 73.0 cm³/mol. The minimum Gasteiger partial charge on any atom is -0.497 e. The van der Waals surface area contributed by atoms with Gasteiger partial charge in [0.05, 0.1) is 19.9 Å². The third kappa shape index (κ3) is 3.19. The molecule has 0 radical (unpaired) electrons. The summed E-state index contributed by atoms with van der Waals surface area (Å²) >= 11 is 0. The Hall–Kier alpha value is -2.17. The number of aromatic nitrogens is 1. The molecule has 0 saturated carbocycles. The minimum absolute atomic E-state index is 0.539. The van der Waals surface area contributed by atoms with Crippen molar-refractivity contribution in [2.24, 2.45) is 0 Å². The molecule has 0 spiro atoms. The zero-order valence-electron chi connectivity index (χ0n) is 11.4. The van der Waals surface area contributed by atoms with Crippen LogP contribution in [0.25, 0.3) is 0 Å². The maximum absolute atomic E-state index is 5.37. The maximum atomic E-state index is 5.37. The number of ether oxygens (including phenoxy) is 2. The van der Waals surface area contributed by atoms with E-state index in [1.165, 1.54) is 0 Å². The molecule has 1 aromatic heterocycles. The SMILES string of the molecule is CNc1nc(CCc2ccc(OC)cc2OC)co1. The summed E-state index contributed by atoms with van der Waals surface area (Å²) in [7, 11) is 5.08. The Morgan fingerprint density at radius 2 is 2.05 bits per heavy atom. The first-order valence-corrected chi connectivity index (χ1v) is 6.10. The number of aryl methyl sites for hydroxylation is 2. The third-order valence-corrected chi connectivity index (χ3v) is 2.91. The molecule has 1 aromatic carbocycles. The van der Waals surface area contributed by atoms with Crippen molar-refractivity contribution >= 4 is 6.01 Å². The highest BCUT2D eigenvalue weighted by molar-refractivity contribution is 5.41. The molecule has 5 nitrogen and oxygen atoms in total. The van der Waals surface area contributed by atoms with E-state index in [0.29, 0.717) is 6.01 Å². The number of hydrogen-bond donors (Lipinski definition) is 1. The van der Waals surface area contributed by atoms with Gasteiger partial charge in [0, 0.05) is 13.1 Å². The van der Waals surface area contributed by atoms with Crippen LogP contribution in [0.1, 0.15) is 11.3 Å². The summed E-state index contributed by atoms with van der Waals surface area (Å²) < 4.78 is 15.8. The Bertz CT molecular complexity index is 537. The predicted octanol–water partition coefficient (Wildman–Crippen LogP) is 2.52. The first-order valence-electron chi connectivity index (χ1n) is 6.10. The van der Waals surface area contributed by atoms with E-state index >= 15 is 0 Å². The average molecular weight is 262 g/mol. The van der Waals surface area contributed by atoms with Crippen LogP contribution in [0.4, 0.5) is 6.01 Å². The summed E-state index contributed by atoms with van der Waals surface area (Å²) in [4.78, 5) is 4.29. The van der Waals surface area contributed by atoms with Gasteiger partial charge in [-0.1, -0.05) is 6.07 Å². The lowest BCUT2D eigenvalue weighted by molar-refractivity contribution is 0.391. The molecule has 5 heteroatoms. The largest absolute Gasteiger partial charge is 0.497 e. The van der Waals surface area contributed by atoms with E-state index in [0.717, 1.165) is 35.6 Å². The van der Waals surface area contributed by atoms with Gasteiger partial charge in [0.1, 0.15) is 17.8 Å². The zero-order valence-corrected chi connectivity index (χ0v) is 11.4. The fourth-order valence-corrected chi connectivity index (χ4v) is 1.86. The number of hydrogen-bond acceptors (Lipinski definition) is 5. The lowest BCUT2D eigenvalue weighted by Gasteiger charge is -2.09. The second-order valence-corrected chi connectivity index (χ2v) is 4.07. The summed E-state index contributed by atoms with van der Waals surface area (Å²) in [6, 6.07) is 6.37. The van der Waals surface area contributed by atoms with Gasteiger partial charge in [-0.25, -0.2) is 0 Å². The van der Waals surface area contributed by atoms with Crippen LogP contribution in [0.5, 0.6) is 11.5 Å². The van der Waals surface area contributed by atoms with Gasteiger partial charge in [0.25, 0.3) is 6.01 Å². The summed E-state index contributed by atoms with van der Waals surface area (Å²) in [6.07, 6.45) is 3.30. The number of benzene rings is 1. The molecule has 0 aliphatic rings. The molecule has 19 heavy (non-hydrogen) atoms. The van der Waals surface area contributed by atoms with Gasteiger partial charge < -0.3 is 19.2 Å². The molecule has 0 unspecified atom stereocenters. The Kier molecular flexibility index (Phi) is 4.28. The standard InChI is InChI=1S/C14H18N2O3/c1-15-14-16-11(9-19-14)6-4-10-5-7-12(17-2)8-13(10)18-3/h5,7-9H,4,6H2,1-3H3,(H,15,16). The molecule has 2 aromatic rings. The van der Waals surface area contributed by atoms with Gasteiger partial charge in [-0.3, -0.25) is 0 Å². The second kappa shape index (κ2) is 6.13. The number of nitrogens with one attached hydrogen (secondary N) is 1. The molecular formula is C14H18N2O3. The Morgan fingerprint density at radius 1 is 1.21 bits per heavy atom. The topological polar surface area (TPSA) is 56.5 Å². The average Bonchev–Trinajstić information content (AvgIpc) is 2.92. The van der Waals surface area contributed by atoms with Crippen LogP contribution in [0.3, 0.4) is 0 Å². The molecule has 0 amide bonds. The van der Waals surface area contributed by atoms with Crippen LogP contribution < -0.4 is 14.8 Å². The van der Waals surface area contributed by atoms with Crippen molar-refractivity contribution in [2.75, 3.05) is 26.6 Å². The fraction of sp³-hybridized carbons (Fsp3) is 0.357. The molecule has 0 atom stereocenters. The normalized spacial score (nSPS) is 10.3. The summed E-state index contributed by atoms with van der Waals surface area (Å²) in [5.74, 6) is 1.62. The molecule has 0 aliphatic carbocycles. The molecule has 0 bridgehead atoms. The summed E-state index contributed by atoms with van der Waals surface area (Å²) in [6.45, 7) is 0. The van der Waals surface area contributed by atoms with Gasteiger partial charge >= 0.3 is 0 Å². The highest BCUT2D eigenvalue weighted by Gasteiger charge is 2.07. The van der Waals surface area contributed by atoms with Crippen molar-refractivity contribution in [1.82, 2.24) is 4.98 Å². The fourth-order valence-electron chi connectivity index (χ4n) is 1.86. The molecule has 0 aliphatic heterocycles. The first kappa shape index (κ1) is 13.3. The Labute approximate surface area is 112 Å². The highest BCUT2D eigenvalue weighted by atomic mass is 16.5. The van der Waals surface area contributed by atoms with E-state index < -0.39 is 0 Å². The van der Waals surface area contributed by atoms with E-state index in [4.69, 9.17) is 13.9 Å². The van der Waals surface area contributed by atoms with E-state index in [9.17, 15) is 0 Å². The second-order valence-electron chi connectivity index (χ2n) is 4.07. The number of nitrogens with zero attached hydrogens (tertiary/aromatic N) is 1. The maximum Gasteiger partial charge on any atom is 0.294 e. The van der Waals surface area contributed by atoms with E-state index in [1.807, 2.05) is 18.2 Å². The van der Waals surface area contributed by atoms with Crippen LogP contribution >= 0.6 is 0 Å². The third-order valence-electron chi connectivity index (χ3n) is 2.91. The Balaban J connectivity index is 2.06. The molecule has 1 N–H and O–H groups in total. The van der Waals surface area contributed by atoms with Crippen LogP contribution in [0.2, 0.25) is 0 Å². The summed E-state index contributed by atoms with van der Waals surface area (Å²) in [5.41, 5.74) is 2.04. The number of oxazole rings is 1. The van der Waals surface area contributed by atoms with Crippen LogP contribution in [0, 0.1) is 0 Å². The lowest BCUT2D eigenvalue weighted by Crippen LogP contribution is -1.97. The minimum atomic E-state index is 0.539. The van der Waals surface area contributed by atoms with Gasteiger partial charge in [0.15, 0.2) is 0 Å². The molecular weight excluding hydrogens is 244 g/mol. The van der Waals surface area contributed by atoms with Crippen LogP contribution in [0.15, 0.2) is 28.9 Å². The lowest BCUT2D eigenvalue weighted by atomic mass is 10.1. The van der Waals surface area contributed by atoms with Crippen LogP contribution in [-0.4, -0.2) is 26.3 Å². The first-order chi connectivity index (χ1) is 9.26. The summed E-state index contributed by atoms with van der Waals surface area (Å²) in [5, 5.41) is 2.86. The number of rotatable bonds is 6. The van der Waals surface area contributed by atoms with E-state index in [-0.39, 0.29) is 0 Å². The van der Waals surface area contributed by atoms with Crippen molar-refractivity contribution in [3.8, 4) is 11.5 Å². The van der Waals surface area contributed by atoms with Crippen molar-refractivity contribution in [3.05, 3.63) is 35.7 Å². The monoisotopic (exact) mass is 262 g/mol. The number of anilines is 1. The highest BCUT2D eigenvalue weighted by Crippen LogP contribution is 2.25. The quantitative estimate of drug-likeness (QED) is 0.867. The van der Waals surface area contributed by atoms with Gasteiger partial charge in [-0.05, 0) is 24.5 Å². The Morgan fingerprint density at radius 3 is 2.68 bits per heavy atom. The van der Waals surface area contributed by atoms with Gasteiger partial charge in [-0.2, -0.15) is 4.98 Å². The number of methoxy groups -OCH3 is 2. The van der Waals surface area contributed by atoms with Crippen molar-refractivity contribution in [3.63, 3.8) is 0 Å². The van der Waals surface area contributed by atoms with Gasteiger partial charge in [0.2, 0.25) is 0 Å². The van der Waals surface area contributed by atoms with Crippen LogP contribution in [-0.2, 0) is 12.8 Å². The zero-order chi connectivity index (χ0) is 13.7. The molecule has 0 saturated heterocycles. The molecule has 1 heterocycles. The van der Waals surface area contributed by atoms with E-state index in [2.05, 4.69) is 10.3 Å². The smallest absolute Gasteiger partial charge is 0.294 e. The van der Waals surface area contributed by atoms with Crippen molar-refractivity contribution < 1.29 is 13.9 Å². The van der Waals surface area contributed by atoms with Crippen molar-refractivity contribution in [2.45, 2.75) is 12.8 Å². The van der Waals surface area contributed by atoms with E-state index in [1.54, 1.807) is 27.5 Å². The molecule has 102 valence electrons.